The third kappa shape index (κ3) is 4.03. The molecule has 4 aromatic rings. The number of aromatic amines is 1. The fraction of sp³-hybridized carbons (Fsp3) is 0.240. The van der Waals surface area contributed by atoms with Gasteiger partial charge in [0.15, 0.2) is 5.82 Å². The number of methoxy groups -OCH3 is 1. The van der Waals surface area contributed by atoms with Crippen LogP contribution in [0.1, 0.15) is 26.3 Å². The van der Waals surface area contributed by atoms with Crippen LogP contribution in [0.25, 0.3) is 16.7 Å². The van der Waals surface area contributed by atoms with Gasteiger partial charge in [0.1, 0.15) is 5.75 Å². The van der Waals surface area contributed by atoms with Crippen LogP contribution in [-0.2, 0) is 4.79 Å². The van der Waals surface area contributed by atoms with Crippen LogP contribution in [-0.4, -0.2) is 80.4 Å². The van der Waals surface area contributed by atoms with E-state index in [1.54, 1.807) is 27.9 Å². The third-order valence-corrected chi connectivity index (χ3v) is 6.12. The van der Waals surface area contributed by atoms with Gasteiger partial charge in [-0.2, -0.15) is 5.10 Å². The van der Waals surface area contributed by atoms with Crippen LogP contribution in [0.15, 0.2) is 55.1 Å². The maximum absolute atomic E-state index is 13.3. The van der Waals surface area contributed by atoms with Crippen molar-refractivity contribution in [3.8, 4) is 11.6 Å². The third-order valence-electron chi connectivity index (χ3n) is 6.12. The van der Waals surface area contributed by atoms with Gasteiger partial charge >= 0.3 is 0 Å². The van der Waals surface area contributed by atoms with Gasteiger partial charge in [-0.05, 0) is 24.6 Å². The number of Topliss-reactive ketones (excluding diaryl/α,β-unsaturated/α-hetero) is 1. The van der Waals surface area contributed by atoms with Gasteiger partial charge in [-0.25, -0.2) is 9.67 Å². The highest BCUT2D eigenvalue weighted by Gasteiger charge is 2.31. The molecule has 1 aliphatic rings. The summed E-state index contributed by atoms with van der Waals surface area (Å²) >= 11 is 0. The Morgan fingerprint density at radius 2 is 1.71 bits per heavy atom. The second-order valence-electron chi connectivity index (χ2n) is 8.34. The molecular formula is C25H24N6O4. The Balaban J connectivity index is 1.37. The first-order valence-corrected chi connectivity index (χ1v) is 11.2. The monoisotopic (exact) mass is 472 g/mol. The van der Waals surface area contributed by atoms with Crippen molar-refractivity contribution in [2.75, 3.05) is 33.3 Å². The zero-order valence-corrected chi connectivity index (χ0v) is 19.4. The number of hydrogen-bond acceptors (Lipinski definition) is 6. The summed E-state index contributed by atoms with van der Waals surface area (Å²) < 4.78 is 7.05. The van der Waals surface area contributed by atoms with E-state index in [9.17, 15) is 14.4 Å². The van der Waals surface area contributed by atoms with Crippen molar-refractivity contribution in [2.45, 2.75) is 6.92 Å². The lowest BCUT2D eigenvalue weighted by molar-refractivity contribution is -0.127. The fourth-order valence-corrected chi connectivity index (χ4v) is 4.28. The number of nitrogens with zero attached hydrogens (tertiary/aromatic N) is 5. The van der Waals surface area contributed by atoms with Crippen LogP contribution in [0, 0.1) is 6.92 Å². The van der Waals surface area contributed by atoms with E-state index < -0.39 is 11.7 Å². The number of ketones is 1. The van der Waals surface area contributed by atoms with Gasteiger partial charge in [-0.15, -0.1) is 0 Å². The molecule has 0 aliphatic carbocycles. The van der Waals surface area contributed by atoms with E-state index in [0.717, 1.165) is 5.56 Å². The molecule has 0 atom stereocenters. The van der Waals surface area contributed by atoms with Crippen LogP contribution in [0.3, 0.4) is 0 Å². The Hall–Kier alpha value is -4.47. The fourth-order valence-electron chi connectivity index (χ4n) is 4.28. The summed E-state index contributed by atoms with van der Waals surface area (Å²) in [4.78, 5) is 49.8. The van der Waals surface area contributed by atoms with Gasteiger partial charge in [0.05, 0.1) is 36.0 Å². The average Bonchev–Trinajstić information content (AvgIpc) is 3.54. The normalized spacial score (nSPS) is 13.8. The Morgan fingerprint density at radius 1 is 1.00 bits per heavy atom. The number of carbonyl (C=O) groups is 3. The van der Waals surface area contributed by atoms with Gasteiger partial charge in [0.25, 0.3) is 17.6 Å². The Morgan fingerprint density at radius 3 is 2.37 bits per heavy atom. The summed E-state index contributed by atoms with van der Waals surface area (Å²) in [5.74, 6) is -0.477. The predicted molar refractivity (Wildman–Crippen MR) is 128 cm³/mol. The zero-order chi connectivity index (χ0) is 24.5. The van der Waals surface area contributed by atoms with Crippen molar-refractivity contribution in [3.05, 3.63) is 71.8 Å². The van der Waals surface area contributed by atoms with E-state index in [2.05, 4.69) is 15.1 Å². The molecule has 10 nitrogen and oxygen atoms in total. The molecule has 1 saturated heterocycles. The average molecular weight is 473 g/mol. The molecule has 1 N–H and O–H groups in total. The topological polar surface area (TPSA) is 113 Å². The van der Waals surface area contributed by atoms with Crippen molar-refractivity contribution in [1.29, 1.82) is 0 Å². The van der Waals surface area contributed by atoms with E-state index in [-0.39, 0.29) is 24.6 Å². The molecule has 1 aromatic carbocycles. The lowest BCUT2D eigenvalue weighted by Crippen LogP contribution is -2.52. The van der Waals surface area contributed by atoms with Crippen LogP contribution >= 0.6 is 0 Å². The summed E-state index contributed by atoms with van der Waals surface area (Å²) in [6, 6.07) is 9.02. The molecule has 178 valence electrons. The number of piperazine rings is 1. The number of nitrogens with one attached hydrogen (secondary N) is 1. The molecule has 10 heteroatoms. The number of ether oxygens (including phenoxy) is 1. The van der Waals surface area contributed by atoms with Gasteiger partial charge in [0, 0.05) is 44.1 Å². The number of pyridine rings is 1. The molecule has 0 spiro atoms. The number of hydrogen-bond donors (Lipinski definition) is 1. The van der Waals surface area contributed by atoms with Crippen molar-refractivity contribution >= 4 is 28.5 Å². The quantitative estimate of drug-likeness (QED) is 0.352. The SMILES string of the molecule is COc1cnc(-n2cc(C)cn2)c2[nH]cc(C(=O)C(=O)N3CCN(C(=O)c4ccccc4)CC3)c12. The molecule has 3 aromatic heterocycles. The minimum Gasteiger partial charge on any atom is -0.494 e. The number of carbonyl (C=O) groups excluding carboxylic acids is 3. The number of rotatable bonds is 5. The van der Waals surface area contributed by atoms with Crippen LogP contribution in [0.5, 0.6) is 5.75 Å². The maximum atomic E-state index is 13.3. The van der Waals surface area contributed by atoms with Gasteiger partial charge in [-0.3, -0.25) is 14.4 Å². The molecule has 0 bridgehead atoms. The largest absolute Gasteiger partial charge is 0.494 e. The van der Waals surface area contributed by atoms with Gasteiger partial charge < -0.3 is 19.5 Å². The summed E-state index contributed by atoms with van der Waals surface area (Å²) in [5.41, 5.74) is 2.31. The second kappa shape index (κ2) is 9.05. The summed E-state index contributed by atoms with van der Waals surface area (Å²) in [5, 5.41) is 4.77. The Labute approximate surface area is 201 Å². The molecule has 0 saturated carbocycles. The highest BCUT2D eigenvalue weighted by Crippen LogP contribution is 2.32. The van der Waals surface area contributed by atoms with E-state index in [1.165, 1.54) is 24.4 Å². The highest BCUT2D eigenvalue weighted by atomic mass is 16.5. The summed E-state index contributed by atoms with van der Waals surface area (Å²) in [7, 11) is 1.49. The lowest BCUT2D eigenvalue weighted by Gasteiger charge is -2.34. The first kappa shape index (κ1) is 22.3. The minimum atomic E-state index is -0.647. The standard InChI is InChI=1S/C25H24N6O4/c1-16-12-28-31(15-16)23-21-20(19(35-2)14-27-23)18(13-26-21)22(32)25(34)30-10-8-29(9-11-30)24(33)17-6-4-3-5-7-17/h3-7,12-15,26H,8-11H2,1-2H3. The van der Waals surface area contributed by atoms with Crippen LogP contribution in [0.4, 0.5) is 0 Å². The molecule has 1 fully saturated rings. The van der Waals surface area contributed by atoms with Crippen molar-refractivity contribution in [2.24, 2.45) is 0 Å². The molecule has 2 amide bonds. The molecule has 35 heavy (non-hydrogen) atoms. The number of fused-ring (bicyclic) bond motifs is 1. The number of H-pyrrole nitrogens is 1. The van der Waals surface area contributed by atoms with Gasteiger partial charge in [0.2, 0.25) is 0 Å². The highest BCUT2D eigenvalue weighted by molar-refractivity contribution is 6.45. The van der Waals surface area contributed by atoms with Crippen molar-refractivity contribution in [3.63, 3.8) is 0 Å². The lowest BCUT2D eigenvalue weighted by atomic mass is 10.1. The van der Waals surface area contributed by atoms with Gasteiger partial charge in [-0.1, -0.05) is 18.2 Å². The molecule has 4 heterocycles. The second-order valence-corrected chi connectivity index (χ2v) is 8.34. The van der Waals surface area contributed by atoms with Crippen molar-refractivity contribution in [1.82, 2.24) is 29.5 Å². The first-order valence-electron chi connectivity index (χ1n) is 11.2. The molecule has 5 rings (SSSR count). The molecular weight excluding hydrogens is 448 g/mol. The van der Waals surface area contributed by atoms with E-state index in [0.29, 0.717) is 41.1 Å². The summed E-state index contributed by atoms with van der Waals surface area (Å²) in [6.45, 7) is 3.19. The van der Waals surface area contributed by atoms with Crippen molar-refractivity contribution < 1.29 is 19.1 Å². The zero-order valence-electron chi connectivity index (χ0n) is 19.4. The van der Waals surface area contributed by atoms with E-state index >= 15 is 0 Å². The number of aromatic nitrogens is 4. The minimum absolute atomic E-state index is 0.0840. The number of aryl methyl sites for hydroxylation is 1. The van der Waals surface area contributed by atoms with E-state index in [1.807, 2.05) is 31.3 Å². The summed E-state index contributed by atoms with van der Waals surface area (Å²) in [6.07, 6.45) is 6.54. The van der Waals surface area contributed by atoms with Crippen LogP contribution in [0.2, 0.25) is 0 Å². The smallest absolute Gasteiger partial charge is 0.295 e. The first-order chi connectivity index (χ1) is 17.0. The number of benzene rings is 1. The molecule has 0 unspecified atom stereocenters. The number of amides is 2. The van der Waals surface area contributed by atoms with Crippen LogP contribution < -0.4 is 4.74 Å². The Kier molecular flexibility index (Phi) is 5.77. The van der Waals surface area contributed by atoms with E-state index in [4.69, 9.17) is 4.74 Å². The predicted octanol–water partition coefficient (Wildman–Crippen LogP) is 2.23. The molecule has 0 radical (unpaired) electrons. The maximum Gasteiger partial charge on any atom is 0.295 e. The Bertz CT molecular complexity index is 1420. The molecule has 1 aliphatic heterocycles.